The van der Waals surface area contributed by atoms with E-state index in [0.29, 0.717) is 18.5 Å². The molecule has 1 saturated carbocycles. The van der Waals surface area contributed by atoms with Gasteiger partial charge in [0.25, 0.3) is 12.3 Å². The molecule has 2 bridgehead atoms. The molecule has 5 heterocycles. The maximum absolute atomic E-state index is 15.5. The van der Waals surface area contributed by atoms with Crippen LogP contribution in [0.1, 0.15) is 54.9 Å². The van der Waals surface area contributed by atoms with Crippen LogP contribution in [0.2, 0.25) is 0 Å². The summed E-state index contributed by atoms with van der Waals surface area (Å²) in [6.45, 7) is 3.05. The first-order valence-electron chi connectivity index (χ1n) is 10.8. The third-order valence-corrected chi connectivity index (χ3v) is 6.24. The molecule has 3 fully saturated rings. The summed E-state index contributed by atoms with van der Waals surface area (Å²) in [4.78, 5) is 21.2. The Hall–Kier alpha value is -3.21. The van der Waals surface area contributed by atoms with Crippen molar-refractivity contribution in [3.8, 4) is 5.75 Å². The van der Waals surface area contributed by atoms with Crippen molar-refractivity contribution >= 4 is 17.4 Å². The molecule has 11 heteroatoms. The zero-order valence-electron chi connectivity index (χ0n) is 18.4. The lowest BCUT2D eigenvalue weighted by Gasteiger charge is -2.41. The number of hydrogen-bond acceptors (Lipinski definition) is 5. The number of carbonyl (C=O) groups excluding carboxylic acids is 1. The predicted octanol–water partition coefficient (Wildman–Crippen LogP) is 4.62. The Morgan fingerprint density at radius 2 is 2.03 bits per heavy atom. The number of amides is 1. The maximum atomic E-state index is 15.5. The molecule has 1 aliphatic carbocycles. The molecule has 0 unspecified atom stereocenters. The quantitative estimate of drug-likeness (QED) is 0.502. The van der Waals surface area contributed by atoms with Gasteiger partial charge in [-0.15, -0.1) is 0 Å². The molecule has 3 aromatic rings. The van der Waals surface area contributed by atoms with E-state index >= 15 is 4.39 Å². The van der Waals surface area contributed by atoms with Crippen molar-refractivity contribution in [1.82, 2.24) is 14.4 Å². The fraction of sp³-hybridized carbons (Fsp3) is 0.435. The number of alkyl halides is 3. The smallest absolute Gasteiger partial charge is 0.280 e. The van der Waals surface area contributed by atoms with E-state index in [9.17, 15) is 18.0 Å². The average molecular weight is 478 g/mol. The van der Waals surface area contributed by atoms with Gasteiger partial charge in [-0.3, -0.25) is 4.79 Å². The minimum atomic E-state index is -2.81. The molecule has 0 spiro atoms. The van der Waals surface area contributed by atoms with Crippen LogP contribution in [-0.2, 0) is 10.2 Å². The molecule has 34 heavy (non-hydrogen) atoms. The number of carbonyl (C=O) groups is 1. The fourth-order valence-electron chi connectivity index (χ4n) is 4.73. The van der Waals surface area contributed by atoms with Crippen LogP contribution in [0.5, 0.6) is 5.75 Å². The molecule has 1 N–H and O–H groups in total. The molecule has 3 aromatic heterocycles. The summed E-state index contributed by atoms with van der Waals surface area (Å²) in [5.41, 5.74) is -1.43. The van der Waals surface area contributed by atoms with Crippen LogP contribution in [0.25, 0.3) is 5.65 Å². The van der Waals surface area contributed by atoms with Crippen LogP contribution < -0.4 is 10.1 Å². The van der Waals surface area contributed by atoms with Crippen molar-refractivity contribution in [2.75, 3.05) is 18.6 Å². The van der Waals surface area contributed by atoms with E-state index in [0.717, 1.165) is 6.07 Å². The maximum Gasteiger partial charge on any atom is 0.280 e. The highest BCUT2D eigenvalue weighted by molar-refractivity contribution is 6.06. The molecule has 6 rings (SSSR count). The van der Waals surface area contributed by atoms with Crippen molar-refractivity contribution in [2.45, 2.75) is 50.2 Å². The van der Waals surface area contributed by atoms with Gasteiger partial charge in [-0.05, 0) is 38.8 Å². The van der Waals surface area contributed by atoms with Gasteiger partial charge in [0.2, 0.25) is 5.82 Å². The van der Waals surface area contributed by atoms with E-state index < -0.39 is 47.6 Å². The van der Waals surface area contributed by atoms with E-state index in [1.807, 2.05) is 0 Å². The third kappa shape index (κ3) is 3.58. The van der Waals surface area contributed by atoms with Gasteiger partial charge < -0.3 is 19.2 Å². The summed E-state index contributed by atoms with van der Waals surface area (Å²) in [5, 5.41) is 2.42. The van der Waals surface area contributed by atoms with Crippen molar-refractivity contribution in [3.63, 3.8) is 0 Å². The molecule has 3 aliphatic rings. The normalized spacial score (nSPS) is 23.5. The standard InChI is InChI=1S/C23H22F4N4O3/c1-12(2)34-18-13(21(32)30-16-5-3-4-14(28-16)19(26)27)6-31-7-15(29-20(31)17(18)25)22-8-23(9-22,10-24)33-11-22/h3-7,12,19H,8-11H2,1-2H3,(H,28,30,32). The van der Waals surface area contributed by atoms with Crippen LogP contribution in [0.4, 0.5) is 23.4 Å². The molecular formula is C23H22F4N4O3. The first kappa shape index (κ1) is 22.6. The number of nitrogens with one attached hydrogen (secondary N) is 1. The topological polar surface area (TPSA) is 77.8 Å². The summed E-state index contributed by atoms with van der Waals surface area (Å²) in [6, 6.07) is 3.82. The van der Waals surface area contributed by atoms with Crippen LogP contribution in [0, 0.1) is 5.82 Å². The van der Waals surface area contributed by atoms with E-state index in [-0.39, 0.29) is 29.4 Å². The Morgan fingerprint density at radius 1 is 1.26 bits per heavy atom. The van der Waals surface area contributed by atoms with Gasteiger partial charge in [0.15, 0.2) is 11.4 Å². The molecule has 0 radical (unpaired) electrons. The lowest BCUT2D eigenvalue weighted by molar-refractivity contribution is -0.0235. The highest BCUT2D eigenvalue weighted by Crippen LogP contribution is 2.58. The minimum Gasteiger partial charge on any atom is -0.487 e. The Labute approximate surface area is 192 Å². The van der Waals surface area contributed by atoms with Gasteiger partial charge in [-0.25, -0.2) is 23.1 Å². The highest BCUT2D eigenvalue weighted by Gasteiger charge is 2.64. The lowest BCUT2D eigenvalue weighted by Crippen LogP contribution is -2.48. The van der Waals surface area contributed by atoms with Gasteiger partial charge in [0, 0.05) is 17.8 Å². The second-order valence-corrected chi connectivity index (χ2v) is 9.15. The van der Waals surface area contributed by atoms with Crippen LogP contribution >= 0.6 is 0 Å². The third-order valence-electron chi connectivity index (χ3n) is 6.24. The van der Waals surface area contributed by atoms with Crippen LogP contribution in [0.3, 0.4) is 0 Å². The van der Waals surface area contributed by atoms with Crippen molar-refractivity contribution in [2.24, 2.45) is 0 Å². The zero-order valence-corrected chi connectivity index (χ0v) is 18.4. The summed E-state index contributed by atoms with van der Waals surface area (Å²) in [5.74, 6) is -2.04. The number of fused-ring (bicyclic) bond motifs is 2. The van der Waals surface area contributed by atoms with Gasteiger partial charge >= 0.3 is 0 Å². The Bertz CT molecular complexity index is 1270. The predicted molar refractivity (Wildman–Crippen MR) is 114 cm³/mol. The number of hydrogen-bond donors (Lipinski definition) is 1. The van der Waals surface area contributed by atoms with Gasteiger partial charge in [-0.1, -0.05) is 6.07 Å². The molecule has 1 amide bonds. The van der Waals surface area contributed by atoms with Crippen molar-refractivity contribution in [3.05, 3.63) is 53.4 Å². The van der Waals surface area contributed by atoms with Gasteiger partial charge in [0.1, 0.15) is 23.7 Å². The number of halogens is 4. The monoisotopic (exact) mass is 478 g/mol. The summed E-state index contributed by atoms with van der Waals surface area (Å²) >= 11 is 0. The molecule has 0 aromatic carbocycles. The molecular weight excluding hydrogens is 456 g/mol. The second kappa shape index (κ2) is 7.93. The summed E-state index contributed by atoms with van der Waals surface area (Å²) in [7, 11) is 0. The molecule has 180 valence electrons. The number of pyridine rings is 2. The molecule has 7 nitrogen and oxygen atoms in total. The fourth-order valence-corrected chi connectivity index (χ4v) is 4.73. The first-order valence-corrected chi connectivity index (χ1v) is 10.8. The molecule has 0 atom stereocenters. The van der Waals surface area contributed by atoms with Crippen molar-refractivity contribution in [1.29, 1.82) is 0 Å². The minimum absolute atomic E-state index is 0.0425. The van der Waals surface area contributed by atoms with E-state index in [1.54, 1.807) is 20.0 Å². The number of rotatable bonds is 7. The Balaban J connectivity index is 1.53. The van der Waals surface area contributed by atoms with Crippen LogP contribution in [-0.4, -0.2) is 45.3 Å². The molecule has 2 aliphatic heterocycles. The number of imidazole rings is 1. The number of anilines is 1. The summed E-state index contributed by atoms with van der Waals surface area (Å²) in [6.07, 6.45) is 0.606. The average Bonchev–Trinajstić information content (AvgIpc) is 3.47. The van der Waals surface area contributed by atoms with E-state index in [1.165, 1.54) is 22.7 Å². The number of ether oxygens (including phenoxy) is 2. The lowest BCUT2D eigenvalue weighted by atomic mass is 9.61. The van der Waals surface area contributed by atoms with E-state index in [2.05, 4.69) is 15.3 Å². The van der Waals surface area contributed by atoms with E-state index in [4.69, 9.17) is 9.47 Å². The first-order chi connectivity index (χ1) is 16.2. The zero-order chi connectivity index (χ0) is 24.3. The Morgan fingerprint density at radius 3 is 2.68 bits per heavy atom. The van der Waals surface area contributed by atoms with Crippen LogP contribution in [0.15, 0.2) is 30.6 Å². The number of nitrogens with zero attached hydrogens (tertiary/aromatic N) is 3. The second-order valence-electron chi connectivity index (χ2n) is 9.15. The largest absolute Gasteiger partial charge is 0.487 e. The molecule has 2 saturated heterocycles. The van der Waals surface area contributed by atoms with Crippen molar-refractivity contribution < 1.29 is 31.8 Å². The van der Waals surface area contributed by atoms with Gasteiger partial charge in [0.05, 0.1) is 24.0 Å². The summed E-state index contributed by atoms with van der Waals surface area (Å²) < 4.78 is 67.4. The SMILES string of the molecule is CC(C)Oc1c(C(=O)Nc2cccc(C(F)F)n2)cn2cc(C34COC(CF)(C3)C4)nc2c1F. The highest BCUT2D eigenvalue weighted by atomic mass is 19.3. The number of aromatic nitrogens is 3. The Kier molecular flexibility index (Phi) is 5.27. The van der Waals surface area contributed by atoms with Gasteiger partial charge in [-0.2, -0.15) is 4.39 Å².